The molecule has 3 aromatic rings. The van der Waals surface area contributed by atoms with Crippen LogP contribution >= 0.6 is 0 Å². The third-order valence-electron chi connectivity index (χ3n) is 6.30. The molecule has 3 aromatic carbocycles. The lowest BCUT2D eigenvalue weighted by atomic mass is 9.91. The van der Waals surface area contributed by atoms with Gasteiger partial charge in [0.1, 0.15) is 12.4 Å². The highest BCUT2D eigenvalue weighted by atomic mass is 16.5. The molecule has 1 aliphatic heterocycles. The summed E-state index contributed by atoms with van der Waals surface area (Å²) in [4.78, 5) is 7.07. The van der Waals surface area contributed by atoms with Crippen LogP contribution in [0, 0.1) is 0 Å². The van der Waals surface area contributed by atoms with E-state index in [-0.39, 0.29) is 0 Å². The first-order valence-corrected chi connectivity index (χ1v) is 12.0. The van der Waals surface area contributed by atoms with Crippen LogP contribution < -0.4 is 9.64 Å². The second-order valence-corrected chi connectivity index (χ2v) is 9.44. The van der Waals surface area contributed by atoms with Crippen molar-refractivity contribution in [2.45, 2.75) is 12.8 Å². The Morgan fingerprint density at radius 1 is 0.727 bits per heavy atom. The predicted octanol–water partition coefficient (Wildman–Crippen LogP) is 5.37. The molecule has 4 heteroatoms. The van der Waals surface area contributed by atoms with Crippen molar-refractivity contribution in [3.05, 3.63) is 77.9 Å². The fourth-order valence-corrected chi connectivity index (χ4v) is 4.61. The molecule has 0 spiro atoms. The third kappa shape index (κ3) is 5.76. The lowest BCUT2D eigenvalue weighted by molar-refractivity contribution is 0.358. The summed E-state index contributed by atoms with van der Waals surface area (Å²) in [6.07, 6.45) is 4.55. The molecule has 4 nitrogen and oxygen atoms in total. The van der Waals surface area contributed by atoms with Crippen molar-refractivity contribution < 1.29 is 4.74 Å². The summed E-state index contributed by atoms with van der Waals surface area (Å²) >= 11 is 0. The van der Waals surface area contributed by atoms with E-state index in [1.807, 2.05) is 0 Å². The summed E-state index contributed by atoms with van der Waals surface area (Å²) in [6, 6.07) is 22.0. The van der Waals surface area contributed by atoms with Crippen LogP contribution in [0.25, 0.3) is 16.3 Å². The number of fused-ring (bicyclic) bond motifs is 3. The molecule has 1 heterocycles. The average molecular weight is 444 g/mol. The van der Waals surface area contributed by atoms with Gasteiger partial charge in [0.15, 0.2) is 0 Å². The van der Waals surface area contributed by atoms with Gasteiger partial charge in [-0.05, 0) is 100 Å². The van der Waals surface area contributed by atoms with Gasteiger partial charge in [0.05, 0.1) is 0 Å². The number of hydrogen-bond donors (Lipinski definition) is 0. The van der Waals surface area contributed by atoms with Gasteiger partial charge in [-0.15, -0.1) is 0 Å². The summed E-state index contributed by atoms with van der Waals surface area (Å²) in [6.45, 7) is 4.99. The molecule has 0 aliphatic carbocycles. The number of nitrogens with zero attached hydrogens (tertiary/aromatic N) is 3. The summed E-state index contributed by atoms with van der Waals surface area (Å²) < 4.78 is 5.98. The van der Waals surface area contributed by atoms with Crippen LogP contribution in [0.1, 0.15) is 24.0 Å². The molecule has 1 aliphatic rings. The predicted molar refractivity (Wildman–Crippen MR) is 142 cm³/mol. The van der Waals surface area contributed by atoms with Crippen molar-refractivity contribution >= 4 is 22.0 Å². The molecular weight excluding hydrogens is 406 g/mol. The topological polar surface area (TPSA) is 19.0 Å². The number of benzene rings is 3. The van der Waals surface area contributed by atoms with Crippen LogP contribution in [-0.2, 0) is 0 Å². The Morgan fingerprint density at radius 3 is 2.06 bits per heavy atom. The molecule has 0 N–H and O–H groups in total. The maximum atomic E-state index is 5.98. The molecule has 0 aromatic heterocycles. The minimum absolute atomic E-state index is 0.615. The van der Waals surface area contributed by atoms with Gasteiger partial charge >= 0.3 is 0 Å². The number of anilines is 1. The summed E-state index contributed by atoms with van der Waals surface area (Å²) in [5.41, 5.74) is 5.04. The fourth-order valence-electron chi connectivity index (χ4n) is 4.61. The normalized spacial score (nSPS) is 13.2. The number of rotatable bonds is 10. The largest absolute Gasteiger partial charge is 0.489 e. The van der Waals surface area contributed by atoms with E-state index in [0.29, 0.717) is 6.61 Å². The van der Waals surface area contributed by atoms with Crippen LogP contribution in [0.3, 0.4) is 0 Å². The van der Waals surface area contributed by atoms with Gasteiger partial charge < -0.3 is 19.4 Å². The van der Waals surface area contributed by atoms with E-state index in [1.165, 1.54) is 46.0 Å². The van der Waals surface area contributed by atoms with Gasteiger partial charge in [-0.25, -0.2) is 0 Å². The van der Waals surface area contributed by atoms with Gasteiger partial charge in [0, 0.05) is 24.3 Å². The highest BCUT2D eigenvalue weighted by Gasteiger charge is 2.19. The quantitative estimate of drug-likeness (QED) is 0.419. The minimum Gasteiger partial charge on any atom is -0.489 e. The second-order valence-electron chi connectivity index (χ2n) is 9.44. The number of hydrogen-bond acceptors (Lipinski definition) is 4. The van der Waals surface area contributed by atoms with E-state index in [2.05, 4.69) is 110 Å². The maximum Gasteiger partial charge on any atom is 0.128 e. The Labute approximate surface area is 199 Å². The molecular formula is C29H37N3O. The molecule has 0 atom stereocenters. The first kappa shape index (κ1) is 23.3. The van der Waals surface area contributed by atoms with Crippen molar-refractivity contribution in [3.8, 4) is 5.75 Å². The fraction of sp³-hybridized carbons (Fsp3) is 0.379. The Hall–Kier alpha value is -2.82. The van der Waals surface area contributed by atoms with Gasteiger partial charge in [0.25, 0.3) is 0 Å². The lowest BCUT2D eigenvalue weighted by Gasteiger charge is -2.27. The van der Waals surface area contributed by atoms with Crippen LogP contribution in [0.5, 0.6) is 5.75 Å². The van der Waals surface area contributed by atoms with Crippen LogP contribution in [0.15, 0.2) is 66.7 Å². The molecule has 0 amide bonds. The summed E-state index contributed by atoms with van der Waals surface area (Å²) in [5, 5.41) is 2.50. The van der Waals surface area contributed by atoms with Gasteiger partial charge in [0.2, 0.25) is 0 Å². The van der Waals surface area contributed by atoms with Crippen molar-refractivity contribution in [1.82, 2.24) is 9.80 Å². The van der Waals surface area contributed by atoms with Gasteiger partial charge in [-0.3, -0.25) is 0 Å². The molecule has 33 heavy (non-hydrogen) atoms. The molecule has 174 valence electrons. The van der Waals surface area contributed by atoms with Crippen LogP contribution in [-0.4, -0.2) is 70.8 Å². The van der Waals surface area contributed by atoms with E-state index in [1.54, 1.807) is 0 Å². The zero-order valence-corrected chi connectivity index (χ0v) is 20.6. The molecule has 0 fully saturated rings. The monoisotopic (exact) mass is 443 g/mol. The zero-order valence-electron chi connectivity index (χ0n) is 20.6. The minimum atomic E-state index is 0.615. The van der Waals surface area contributed by atoms with E-state index >= 15 is 0 Å². The Kier molecular flexibility index (Phi) is 7.69. The Morgan fingerprint density at radius 2 is 1.39 bits per heavy atom. The highest BCUT2D eigenvalue weighted by Crippen LogP contribution is 2.39. The Balaban J connectivity index is 1.58. The number of ether oxygens (including phenoxy) is 1. The SMILES string of the molecule is CN(C)CCCN(CCCN(C)C)c1ccc(C2=CCOc3ccc4ccccc4c32)cc1. The second kappa shape index (κ2) is 10.9. The molecule has 4 rings (SSSR count). The first-order chi connectivity index (χ1) is 16.0. The highest BCUT2D eigenvalue weighted by molar-refractivity contribution is 6.00. The maximum absolute atomic E-state index is 5.98. The van der Waals surface area contributed by atoms with Crippen molar-refractivity contribution in [3.63, 3.8) is 0 Å². The Bertz CT molecular complexity index is 1070. The molecule has 0 bridgehead atoms. The van der Waals surface area contributed by atoms with E-state index in [0.717, 1.165) is 31.9 Å². The lowest BCUT2D eigenvalue weighted by Crippen LogP contribution is -2.30. The average Bonchev–Trinajstić information content (AvgIpc) is 2.82. The molecule has 0 radical (unpaired) electrons. The molecule has 0 saturated heterocycles. The third-order valence-corrected chi connectivity index (χ3v) is 6.30. The molecule has 0 unspecified atom stereocenters. The van der Waals surface area contributed by atoms with Crippen molar-refractivity contribution in [2.75, 3.05) is 65.9 Å². The van der Waals surface area contributed by atoms with Gasteiger partial charge in [-0.2, -0.15) is 0 Å². The molecule has 0 saturated carbocycles. The van der Waals surface area contributed by atoms with E-state index in [9.17, 15) is 0 Å². The van der Waals surface area contributed by atoms with E-state index in [4.69, 9.17) is 4.74 Å². The van der Waals surface area contributed by atoms with Crippen LogP contribution in [0.2, 0.25) is 0 Å². The van der Waals surface area contributed by atoms with Gasteiger partial charge in [-0.1, -0.05) is 42.5 Å². The van der Waals surface area contributed by atoms with Crippen LogP contribution in [0.4, 0.5) is 5.69 Å². The smallest absolute Gasteiger partial charge is 0.128 e. The summed E-state index contributed by atoms with van der Waals surface area (Å²) in [5.74, 6) is 0.976. The van der Waals surface area contributed by atoms with E-state index < -0.39 is 0 Å². The van der Waals surface area contributed by atoms with Crippen molar-refractivity contribution in [2.24, 2.45) is 0 Å². The first-order valence-electron chi connectivity index (χ1n) is 12.0. The van der Waals surface area contributed by atoms with Crippen molar-refractivity contribution in [1.29, 1.82) is 0 Å². The zero-order chi connectivity index (χ0) is 23.2. The summed E-state index contributed by atoms with van der Waals surface area (Å²) in [7, 11) is 8.59. The standard InChI is InChI=1S/C29H37N3O/c1-30(2)18-7-20-32(21-8-19-31(3)4)25-14-11-24(12-15-25)27-17-22-33-28-16-13-23-9-5-6-10-26(23)29(27)28/h5-6,9-17H,7-8,18-22H2,1-4H3.